The largest absolute Gasteiger partial charge is 0.508 e. The van der Waals surface area contributed by atoms with Gasteiger partial charge in [-0.2, -0.15) is 0 Å². The van der Waals surface area contributed by atoms with Crippen LogP contribution in [0.3, 0.4) is 0 Å². The summed E-state index contributed by atoms with van der Waals surface area (Å²) in [6.07, 6.45) is 0. The van der Waals surface area contributed by atoms with Crippen molar-refractivity contribution in [3.63, 3.8) is 0 Å². The molecular formula is C19H26N2O. The molecule has 1 saturated heterocycles. The molecule has 1 aliphatic heterocycles. The third-order valence-electron chi connectivity index (χ3n) is 3.89. The molecule has 118 valence electrons. The van der Waals surface area contributed by atoms with Crippen LogP contribution in [0.25, 0.3) is 0 Å². The fourth-order valence-electron chi connectivity index (χ4n) is 2.64. The van der Waals surface area contributed by atoms with Gasteiger partial charge in [-0.25, -0.2) is 0 Å². The van der Waals surface area contributed by atoms with Crippen LogP contribution >= 0.6 is 0 Å². The summed E-state index contributed by atoms with van der Waals surface area (Å²) in [5.41, 5.74) is 3.80. The summed E-state index contributed by atoms with van der Waals surface area (Å²) in [4.78, 5) is 4.79. The molecule has 1 fully saturated rings. The van der Waals surface area contributed by atoms with E-state index in [9.17, 15) is 5.11 Å². The average Bonchev–Trinajstić information content (AvgIpc) is 2.58. The van der Waals surface area contributed by atoms with Gasteiger partial charge >= 0.3 is 0 Å². The molecule has 3 rings (SSSR count). The van der Waals surface area contributed by atoms with Crippen LogP contribution in [0, 0.1) is 6.92 Å². The van der Waals surface area contributed by atoms with E-state index < -0.39 is 0 Å². The summed E-state index contributed by atoms with van der Waals surface area (Å²) >= 11 is 0. The predicted octanol–water partition coefficient (Wildman–Crippen LogP) is 4.05. The molecule has 0 radical (unpaired) electrons. The van der Waals surface area contributed by atoms with Crippen molar-refractivity contribution in [3.05, 3.63) is 54.1 Å². The number of hydrogen-bond donors (Lipinski definition) is 1. The maximum atomic E-state index is 9.34. The van der Waals surface area contributed by atoms with Crippen molar-refractivity contribution in [2.75, 3.05) is 36.0 Å². The molecule has 1 heterocycles. The number of piperazine rings is 1. The Hall–Kier alpha value is -2.16. The molecule has 1 aliphatic rings. The number of phenols is 1. The molecule has 3 nitrogen and oxygen atoms in total. The molecule has 2 aromatic carbocycles. The van der Waals surface area contributed by atoms with E-state index in [1.807, 2.05) is 26.0 Å². The van der Waals surface area contributed by atoms with E-state index >= 15 is 0 Å². The molecule has 22 heavy (non-hydrogen) atoms. The van der Waals surface area contributed by atoms with Crippen LogP contribution in [0.5, 0.6) is 5.75 Å². The Morgan fingerprint density at radius 3 is 1.45 bits per heavy atom. The first-order valence-corrected chi connectivity index (χ1v) is 8.08. The van der Waals surface area contributed by atoms with Gasteiger partial charge in [0.2, 0.25) is 0 Å². The Balaban J connectivity index is 0.000000847. The van der Waals surface area contributed by atoms with Crippen molar-refractivity contribution in [3.8, 4) is 5.75 Å². The second kappa shape index (κ2) is 7.74. The SMILES string of the molecule is CC.Cc1ccc(N2CCN(c3ccc(O)cc3)CC2)cc1. The molecule has 0 amide bonds. The van der Waals surface area contributed by atoms with Gasteiger partial charge in [0.15, 0.2) is 0 Å². The molecule has 1 N–H and O–H groups in total. The fraction of sp³-hybridized carbons (Fsp3) is 0.368. The van der Waals surface area contributed by atoms with E-state index in [4.69, 9.17) is 0 Å². The maximum absolute atomic E-state index is 9.34. The number of nitrogens with zero attached hydrogens (tertiary/aromatic N) is 2. The summed E-state index contributed by atoms with van der Waals surface area (Å²) in [5.74, 6) is 0.326. The lowest BCUT2D eigenvalue weighted by molar-refractivity contribution is 0.475. The number of anilines is 2. The maximum Gasteiger partial charge on any atom is 0.115 e. The molecule has 0 aliphatic carbocycles. The summed E-state index contributed by atoms with van der Waals surface area (Å²) in [7, 11) is 0. The van der Waals surface area contributed by atoms with Crippen molar-refractivity contribution in [2.45, 2.75) is 20.8 Å². The van der Waals surface area contributed by atoms with Crippen LogP contribution in [0.1, 0.15) is 19.4 Å². The fourth-order valence-corrected chi connectivity index (χ4v) is 2.64. The van der Waals surface area contributed by atoms with Crippen LogP contribution in [-0.4, -0.2) is 31.3 Å². The van der Waals surface area contributed by atoms with E-state index in [1.165, 1.54) is 16.9 Å². The van der Waals surface area contributed by atoms with E-state index in [0.717, 1.165) is 26.2 Å². The molecule has 2 aromatic rings. The number of hydrogen-bond acceptors (Lipinski definition) is 3. The zero-order chi connectivity index (χ0) is 15.9. The summed E-state index contributed by atoms with van der Waals surface area (Å²) < 4.78 is 0. The third-order valence-corrected chi connectivity index (χ3v) is 3.89. The van der Waals surface area contributed by atoms with Crippen molar-refractivity contribution >= 4 is 11.4 Å². The topological polar surface area (TPSA) is 26.7 Å². The van der Waals surface area contributed by atoms with Gasteiger partial charge < -0.3 is 14.9 Å². The van der Waals surface area contributed by atoms with Crippen LogP contribution < -0.4 is 9.80 Å². The highest BCUT2D eigenvalue weighted by Gasteiger charge is 2.17. The van der Waals surface area contributed by atoms with E-state index in [1.54, 1.807) is 12.1 Å². The molecule has 0 unspecified atom stereocenters. The third kappa shape index (κ3) is 3.94. The van der Waals surface area contributed by atoms with Gasteiger partial charge in [-0.1, -0.05) is 31.5 Å². The Morgan fingerprint density at radius 2 is 1.05 bits per heavy atom. The van der Waals surface area contributed by atoms with Gasteiger partial charge in [-0.3, -0.25) is 0 Å². The van der Waals surface area contributed by atoms with Crippen LogP contribution in [0.15, 0.2) is 48.5 Å². The van der Waals surface area contributed by atoms with Gasteiger partial charge in [0.1, 0.15) is 5.75 Å². The Morgan fingerprint density at radius 1 is 0.682 bits per heavy atom. The highest BCUT2D eigenvalue weighted by atomic mass is 16.3. The van der Waals surface area contributed by atoms with Crippen molar-refractivity contribution in [2.24, 2.45) is 0 Å². The Bertz CT molecular complexity index is 501. The van der Waals surface area contributed by atoms with Gasteiger partial charge in [0.05, 0.1) is 0 Å². The highest BCUT2D eigenvalue weighted by molar-refractivity contribution is 5.53. The summed E-state index contributed by atoms with van der Waals surface area (Å²) in [6, 6.07) is 16.2. The molecular weight excluding hydrogens is 272 g/mol. The lowest BCUT2D eigenvalue weighted by Crippen LogP contribution is -2.46. The van der Waals surface area contributed by atoms with Crippen LogP contribution in [-0.2, 0) is 0 Å². The normalized spacial score (nSPS) is 14.3. The number of aromatic hydroxyl groups is 1. The van der Waals surface area contributed by atoms with Crippen molar-refractivity contribution in [1.82, 2.24) is 0 Å². The van der Waals surface area contributed by atoms with E-state index in [2.05, 4.69) is 41.0 Å². The monoisotopic (exact) mass is 298 g/mol. The van der Waals surface area contributed by atoms with Gasteiger partial charge in [0.25, 0.3) is 0 Å². The first kappa shape index (κ1) is 16.2. The Labute approximate surface area is 133 Å². The minimum absolute atomic E-state index is 0.326. The summed E-state index contributed by atoms with van der Waals surface area (Å²) in [5, 5.41) is 9.34. The zero-order valence-electron chi connectivity index (χ0n) is 13.8. The molecule has 0 spiro atoms. The lowest BCUT2D eigenvalue weighted by Gasteiger charge is -2.37. The smallest absolute Gasteiger partial charge is 0.115 e. The number of aryl methyl sites for hydroxylation is 1. The van der Waals surface area contributed by atoms with E-state index in [-0.39, 0.29) is 0 Å². The van der Waals surface area contributed by atoms with Crippen molar-refractivity contribution in [1.29, 1.82) is 0 Å². The molecule has 0 bridgehead atoms. The van der Waals surface area contributed by atoms with Crippen LogP contribution in [0.2, 0.25) is 0 Å². The first-order valence-electron chi connectivity index (χ1n) is 8.08. The van der Waals surface area contributed by atoms with Crippen molar-refractivity contribution < 1.29 is 5.11 Å². The second-order valence-corrected chi connectivity index (χ2v) is 5.33. The zero-order valence-corrected chi connectivity index (χ0v) is 13.8. The quantitative estimate of drug-likeness (QED) is 0.906. The number of rotatable bonds is 2. The second-order valence-electron chi connectivity index (χ2n) is 5.33. The van der Waals surface area contributed by atoms with Crippen LogP contribution in [0.4, 0.5) is 11.4 Å². The van der Waals surface area contributed by atoms with Gasteiger partial charge in [-0.15, -0.1) is 0 Å². The number of phenolic OH excluding ortho intramolecular Hbond substituents is 1. The number of benzene rings is 2. The van der Waals surface area contributed by atoms with Gasteiger partial charge in [0, 0.05) is 37.6 Å². The molecule has 0 aromatic heterocycles. The predicted molar refractivity (Wildman–Crippen MR) is 95.1 cm³/mol. The first-order chi connectivity index (χ1) is 10.7. The minimum atomic E-state index is 0.326. The van der Waals surface area contributed by atoms with Gasteiger partial charge in [-0.05, 0) is 43.3 Å². The molecule has 0 atom stereocenters. The minimum Gasteiger partial charge on any atom is -0.508 e. The highest BCUT2D eigenvalue weighted by Crippen LogP contribution is 2.22. The average molecular weight is 298 g/mol. The lowest BCUT2D eigenvalue weighted by atomic mass is 10.2. The molecule has 0 saturated carbocycles. The summed E-state index contributed by atoms with van der Waals surface area (Å²) in [6.45, 7) is 10.2. The molecule has 3 heteroatoms. The van der Waals surface area contributed by atoms with E-state index in [0.29, 0.717) is 5.75 Å². The Kier molecular flexibility index (Phi) is 5.70. The standard InChI is InChI=1S/C17H20N2O.C2H6/c1-14-2-4-15(5-3-14)18-10-12-19(13-11-18)16-6-8-17(20)9-7-16;1-2/h2-9,20H,10-13H2,1H3;1-2H3.